The zero-order chi connectivity index (χ0) is 19.9. The van der Waals surface area contributed by atoms with E-state index in [9.17, 15) is 14.4 Å². The van der Waals surface area contributed by atoms with Crippen molar-refractivity contribution in [2.24, 2.45) is 5.92 Å². The summed E-state index contributed by atoms with van der Waals surface area (Å²) >= 11 is 0. The maximum atomic E-state index is 12.3. The first-order chi connectivity index (χ1) is 11.9. The highest BCUT2D eigenvalue weighted by Crippen LogP contribution is 2.47. The number of aromatic amines is 1. The van der Waals surface area contributed by atoms with Gasteiger partial charge < -0.3 is 14.0 Å². The van der Waals surface area contributed by atoms with Gasteiger partial charge >= 0.3 is 5.69 Å². The van der Waals surface area contributed by atoms with Crippen molar-refractivity contribution in [3.05, 3.63) is 33.1 Å². The van der Waals surface area contributed by atoms with Gasteiger partial charge in [-0.2, -0.15) is 0 Å². The molecular weight excluding hydrogens is 352 g/mol. The summed E-state index contributed by atoms with van der Waals surface area (Å²) in [5.74, 6) is -0.233. The maximum absolute atomic E-state index is 12.3. The fourth-order valence-corrected chi connectivity index (χ4v) is 4.42. The number of carbonyl (C=O) groups excluding carboxylic acids is 1. The maximum Gasteiger partial charge on any atom is 0.330 e. The number of ether oxygens (including phenoxy) is 1. The Bertz CT molecular complexity index is 779. The number of hydrogen-bond acceptors (Lipinski definition) is 5. The first-order valence-electron chi connectivity index (χ1n) is 9.02. The summed E-state index contributed by atoms with van der Waals surface area (Å²) in [5, 5.41) is -0.0358. The Morgan fingerprint density at radius 2 is 2.00 bits per heavy atom. The van der Waals surface area contributed by atoms with Gasteiger partial charge in [-0.1, -0.05) is 34.6 Å². The summed E-state index contributed by atoms with van der Waals surface area (Å²) in [6.07, 6.45) is 1.45. The predicted molar refractivity (Wildman–Crippen MR) is 102 cm³/mol. The molecule has 2 heterocycles. The third kappa shape index (κ3) is 3.50. The fraction of sp³-hybridized carbons (Fsp3) is 0.722. The van der Waals surface area contributed by atoms with Gasteiger partial charge in [0.2, 0.25) is 0 Å². The minimum atomic E-state index is -2.19. The number of aldehydes is 1. The van der Waals surface area contributed by atoms with E-state index >= 15 is 0 Å². The quantitative estimate of drug-likeness (QED) is 0.624. The van der Waals surface area contributed by atoms with E-state index in [1.165, 1.54) is 16.8 Å². The minimum absolute atomic E-state index is 0.0358. The van der Waals surface area contributed by atoms with E-state index in [0.29, 0.717) is 6.42 Å². The number of rotatable bonds is 5. The zero-order valence-electron chi connectivity index (χ0n) is 16.7. The van der Waals surface area contributed by atoms with Crippen LogP contribution in [0.3, 0.4) is 0 Å². The van der Waals surface area contributed by atoms with Crippen LogP contribution in [0.5, 0.6) is 0 Å². The lowest BCUT2D eigenvalue weighted by molar-refractivity contribution is -0.139. The topological polar surface area (TPSA) is 90.4 Å². The molecule has 1 aromatic rings. The Morgan fingerprint density at radius 1 is 1.38 bits per heavy atom. The molecule has 0 saturated carbocycles. The van der Waals surface area contributed by atoms with Crippen molar-refractivity contribution < 1.29 is 14.0 Å². The van der Waals surface area contributed by atoms with Gasteiger partial charge in [-0.25, -0.2) is 4.79 Å². The molecule has 1 fully saturated rings. The lowest BCUT2D eigenvalue weighted by Gasteiger charge is -2.40. The third-order valence-corrected chi connectivity index (χ3v) is 10.5. The average Bonchev–Trinajstić information content (AvgIpc) is 2.79. The van der Waals surface area contributed by atoms with Crippen LogP contribution >= 0.6 is 0 Å². The number of nitrogens with one attached hydrogen (secondary N) is 1. The normalized spacial score (nSPS) is 29.7. The van der Waals surface area contributed by atoms with Crippen LogP contribution in [0.4, 0.5) is 0 Å². The van der Waals surface area contributed by atoms with Gasteiger partial charge in [-0.15, -0.1) is 0 Å². The standard InChI is InChI=1S/C18H30N2O5Si/c1-8-18(11-21)12(2)14(25-26(6,7)17(3,4)5)15(24-18)20-10-9-13(22)19-16(20)23/h9-12,14-15H,8H2,1-7H3,(H,19,22,23)/t12-,14?,15+,18-/m0/s1. The van der Waals surface area contributed by atoms with Crippen LogP contribution < -0.4 is 11.2 Å². The van der Waals surface area contributed by atoms with Gasteiger partial charge in [0.1, 0.15) is 5.60 Å². The summed E-state index contributed by atoms with van der Waals surface area (Å²) < 4.78 is 14.0. The number of hydrogen-bond donors (Lipinski definition) is 1. The highest BCUT2D eigenvalue weighted by atomic mass is 28.4. The van der Waals surface area contributed by atoms with E-state index in [0.717, 1.165) is 6.29 Å². The highest BCUT2D eigenvalue weighted by molar-refractivity contribution is 6.74. The summed E-state index contributed by atoms with van der Waals surface area (Å²) in [6, 6.07) is 1.27. The monoisotopic (exact) mass is 382 g/mol. The van der Waals surface area contributed by atoms with Crippen molar-refractivity contribution in [1.29, 1.82) is 0 Å². The molecule has 8 heteroatoms. The van der Waals surface area contributed by atoms with E-state index in [-0.39, 0.29) is 11.0 Å². The number of carbonyl (C=O) groups is 1. The molecule has 0 amide bonds. The molecule has 146 valence electrons. The van der Waals surface area contributed by atoms with Crippen molar-refractivity contribution in [2.75, 3.05) is 0 Å². The largest absolute Gasteiger partial charge is 0.409 e. The molecule has 2 rings (SSSR count). The predicted octanol–water partition coefficient (Wildman–Crippen LogP) is 2.44. The molecule has 1 saturated heterocycles. The molecule has 4 atom stereocenters. The van der Waals surface area contributed by atoms with Crippen molar-refractivity contribution in [3.63, 3.8) is 0 Å². The van der Waals surface area contributed by atoms with Gasteiger partial charge in [0.15, 0.2) is 20.8 Å². The average molecular weight is 383 g/mol. The summed E-state index contributed by atoms with van der Waals surface area (Å²) in [4.78, 5) is 37.9. The Hall–Kier alpha value is -1.51. The molecule has 1 unspecified atom stereocenters. The molecule has 26 heavy (non-hydrogen) atoms. The molecule has 1 aliphatic heterocycles. The second kappa shape index (κ2) is 6.90. The van der Waals surface area contributed by atoms with Crippen LogP contribution in [0.25, 0.3) is 0 Å². The van der Waals surface area contributed by atoms with E-state index in [4.69, 9.17) is 9.16 Å². The Morgan fingerprint density at radius 3 is 2.46 bits per heavy atom. The molecular formula is C18H30N2O5Si. The number of nitrogens with zero attached hydrogens (tertiary/aromatic N) is 1. The molecule has 0 aromatic carbocycles. The molecule has 7 nitrogen and oxygen atoms in total. The minimum Gasteiger partial charge on any atom is -0.409 e. The van der Waals surface area contributed by atoms with Crippen LogP contribution in [0, 0.1) is 5.92 Å². The lowest BCUT2D eigenvalue weighted by Crippen LogP contribution is -2.48. The highest BCUT2D eigenvalue weighted by Gasteiger charge is 2.55. The van der Waals surface area contributed by atoms with Crippen LogP contribution in [-0.4, -0.2) is 35.9 Å². The molecule has 0 bridgehead atoms. The van der Waals surface area contributed by atoms with Gasteiger partial charge in [-0.3, -0.25) is 14.3 Å². The second-order valence-corrected chi connectivity index (χ2v) is 13.3. The van der Waals surface area contributed by atoms with E-state index in [2.05, 4.69) is 38.8 Å². The van der Waals surface area contributed by atoms with Gasteiger partial charge in [0.05, 0.1) is 6.10 Å². The van der Waals surface area contributed by atoms with Gasteiger partial charge in [0, 0.05) is 18.2 Å². The van der Waals surface area contributed by atoms with Gasteiger partial charge in [0.25, 0.3) is 5.56 Å². The molecule has 1 N–H and O–H groups in total. The lowest BCUT2D eigenvalue weighted by atomic mass is 9.86. The van der Waals surface area contributed by atoms with Crippen molar-refractivity contribution in [3.8, 4) is 0 Å². The van der Waals surface area contributed by atoms with Crippen LogP contribution in [0.1, 0.15) is 47.3 Å². The van der Waals surface area contributed by atoms with E-state index in [1.807, 2.05) is 13.8 Å². The third-order valence-electron chi connectivity index (χ3n) is 6.00. The summed E-state index contributed by atoms with van der Waals surface area (Å²) in [6.45, 7) is 14.5. The summed E-state index contributed by atoms with van der Waals surface area (Å²) in [7, 11) is -2.19. The smallest absolute Gasteiger partial charge is 0.330 e. The van der Waals surface area contributed by atoms with Crippen LogP contribution in [-0.2, 0) is 14.0 Å². The first kappa shape index (κ1) is 20.8. The number of aromatic nitrogens is 2. The molecule has 1 aromatic heterocycles. The fourth-order valence-electron chi connectivity index (χ4n) is 3.07. The Kier molecular flexibility index (Phi) is 5.52. The van der Waals surface area contributed by atoms with Crippen molar-refractivity contribution >= 4 is 14.6 Å². The number of H-pyrrole nitrogens is 1. The van der Waals surface area contributed by atoms with Crippen LogP contribution in [0.2, 0.25) is 18.1 Å². The Labute approximate surface area is 154 Å². The van der Waals surface area contributed by atoms with E-state index < -0.39 is 37.5 Å². The van der Waals surface area contributed by atoms with Crippen molar-refractivity contribution in [1.82, 2.24) is 9.55 Å². The second-order valence-electron chi connectivity index (χ2n) is 8.58. The SMILES string of the molecule is CC[C@@]1(C=O)O[C@@H](n2ccc(=O)[nH]c2=O)C(O[Si](C)(C)C(C)(C)C)[C@@H]1C. The summed E-state index contributed by atoms with van der Waals surface area (Å²) in [5.41, 5.74) is -2.07. The molecule has 0 aliphatic carbocycles. The van der Waals surface area contributed by atoms with Gasteiger partial charge in [-0.05, 0) is 24.6 Å². The first-order valence-corrected chi connectivity index (χ1v) is 11.9. The zero-order valence-corrected chi connectivity index (χ0v) is 17.7. The Balaban J connectivity index is 2.54. The van der Waals surface area contributed by atoms with Crippen LogP contribution in [0.15, 0.2) is 21.9 Å². The van der Waals surface area contributed by atoms with Crippen molar-refractivity contribution in [2.45, 2.75) is 77.1 Å². The molecule has 1 aliphatic rings. The molecule has 0 radical (unpaired) electrons. The molecule has 0 spiro atoms. The van der Waals surface area contributed by atoms with E-state index in [1.54, 1.807) is 0 Å².